The van der Waals surface area contributed by atoms with E-state index in [1.54, 1.807) is 12.1 Å². The molecule has 0 saturated heterocycles. The van der Waals surface area contributed by atoms with Crippen molar-refractivity contribution in [3.05, 3.63) is 62.7 Å². The zero-order valence-electron chi connectivity index (χ0n) is 16.2. The normalized spacial score (nSPS) is 11.7. The number of ether oxygens (including phenoxy) is 2. The molecule has 5 nitrogen and oxygen atoms in total. The number of nitrogens with zero attached hydrogens (tertiary/aromatic N) is 1. The van der Waals surface area contributed by atoms with Crippen LogP contribution in [0.25, 0.3) is 6.08 Å². The van der Waals surface area contributed by atoms with Gasteiger partial charge in [-0.2, -0.15) is 5.26 Å². The van der Waals surface area contributed by atoms with Gasteiger partial charge in [-0.25, -0.2) is 0 Å². The van der Waals surface area contributed by atoms with Crippen molar-refractivity contribution in [2.45, 2.75) is 19.9 Å². The number of nitrogens with one attached hydrogen (secondary N) is 1. The van der Waals surface area contributed by atoms with Gasteiger partial charge in [-0.3, -0.25) is 4.79 Å². The molecule has 148 valence electrons. The molecule has 0 fully saturated rings. The molecule has 0 heterocycles. The first kappa shape index (κ1) is 22.3. The van der Waals surface area contributed by atoms with Gasteiger partial charge in [-0.05, 0) is 65.8 Å². The zero-order chi connectivity index (χ0) is 21.2. The fourth-order valence-electron chi connectivity index (χ4n) is 2.60. The molecule has 29 heavy (non-hydrogen) atoms. The standard InChI is InChI=1S/C23H21IN2O3/c1-4-11-29-22-20(24)13-17(14-21(22)28-5-2)12-19(15-25)23(27)26-16(3)18-9-7-6-8-10-18/h1,6-10,12-14,16H,5,11H2,2-3H3,(H,26,27)/b19-12-/t16-/m1/s1. The van der Waals surface area contributed by atoms with E-state index < -0.39 is 5.91 Å². The Balaban J connectivity index is 2.28. The minimum absolute atomic E-state index is 0.00308. The van der Waals surface area contributed by atoms with Crippen molar-refractivity contribution in [1.82, 2.24) is 5.32 Å². The monoisotopic (exact) mass is 500 g/mol. The van der Waals surface area contributed by atoms with Crippen molar-refractivity contribution in [3.63, 3.8) is 0 Å². The number of amides is 1. The second-order valence-corrected chi connectivity index (χ2v) is 7.19. The number of benzene rings is 2. The summed E-state index contributed by atoms with van der Waals surface area (Å²) in [6.07, 6.45) is 6.80. The largest absolute Gasteiger partial charge is 0.490 e. The van der Waals surface area contributed by atoms with Crippen LogP contribution < -0.4 is 14.8 Å². The second kappa shape index (κ2) is 11.1. The van der Waals surface area contributed by atoms with Crippen molar-refractivity contribution in [2.24, 2.45) is 0 Å². The predicted octanol–water partition coefficient (Wildman–Crippen LogP) is 4.49. The maximum Gasteiger partial charge on any atom is 0.262 e. The van der Waals surface area contributed by atoms with E-state index in [0.717, 1.165) is 9.13 Å². The number of hydrogen-bond donors (Lipinski definition) is 1. The van der Waals surface area contributed by atoms with Gasteiger partial charge in [0, 0.05) is 0 Å². The molecule has 0 bridgehead atoms. The van der Waals surface area contributed by atoms with Gasteiger partial charge in [0.05, 0.1) is 16.2 Å². The van der Waals surface area contributed by atoms with E-state index >= 15 is 0 Å². The van der Waals surface area contributed by atoms with Gasteiger partial charge < -0.3 is 14.8 Å². The molecule has 1 N–H and O–H groups in total. The van der Waals surface area contributed by atoms with Gasteiger partial charge in [-0.1, -0.05) is 36.3 Å². The van der Waals surface area contributed by atoms with Crippen LogP contribution in [0.4, 0.5) is 0 Å². The molecule has 0 spiro atoms. The quantitative estimate of drug-likeness (QED) is 0.251. The number of halogens is 1. The Morgan fingerprint density at radius 2 is 2.03 bits per heavy atom. The molecule has 1 atom stereocenters. The fourth-order valence-corrected chi connectivity index (χ4v) is 3.38. The van der Waals surface area contributed by atoms with Crippen LogP contribution in [0.5, 0.6) is 11.5 Å². The Labute approximate surface area is 184 Å². The van der Waals surface area contributed by atoms with E-state index in [9.17, 15) is 10.1 Å². The third-order valence-electron chi connectivity index (χ3n) is 3.95. The lowest BCUT2D eigenvalue weighted by Crippen LogP contribution is -2.27. The SMILES string of the molecule is C#CCOc1c(I)cc(/C=C(/C#N)C(=O)N[C@H](C)c2ccccc2)cc1OCC. The topological polar surface area (TPSA) is 71.3 Å². The van der Waals surface area contributed by atoms with Crippen molar-refractivity contribution >= 4 is 34.6 Å². The number of carbonyl (C=O) groups excluding carboxylic acids is 1. The molecular formula is C23H21IN2O3. The van der Waals surface area contributed by atoms with Crippen LogP contribution in [0.2, 0.25) is 0 Å². The van der Waals surface area contributed by atoms with Crippen LogP contribution in [0, 0.1) is 27.2 Å². The highest BCUT2D eigenvalue weighted by Crippen LogP contribution is 2.35. The van der Waals surface area contributed by atoms with Crippen LogP contribution in [-0.2, 0) is 4.79 Å². The third-order valence-corrected chi connectivity index (χ3v) is 4.76. The summed E-state index contributed by atoms with van der Waals surface area (Å²) in [6.45, 7) is 4.29. The van der Waals surface area contributed by atoms with E-state index in [1.165, 1.54) is 6.08 Å². The Morgan fingerprint density at radius 1 is 1.31 bits per heavy atom. The maximum atomic E-state index is 12.6. The van der Waals surface area contributed by atoms with Gasteiger partial charge in [0.1, 0.15) is 18.2 Å². The van der Waals surface area contributed by atoms with Gasteiger partial charge >= 0.3 is 0 Å². The van der Waals surface area contributed by atoms with Gasteiger partial charge in [0.15, 0.2) is 11.5 Å². The summed E-state index contributed by atoms with van der Waals surface area (Å²) in [4.78, 5) is 12.6. The zero-order valence-corrected chi connectivity index (χ0v) is 18.4. The summed E-state index contributed by atoms with van der Waals surface area (Å²) in [6, 6.07) is 14.8. The van der Waals surface area contributed by atoms with Crippen molar-refractivity contribution in [1.29, 1.82) is 5.26 Å². The summed E-state index contributed by atoms with van der Waals surface area (Å²) in [5.41, 5.74) is 1.62. The molecule has 0 aliphatic rings. The lowest BCUT2D eigenvalue weighted by molar-refractivity contribution is -0.117. The highest BCUT2D eigenvalue weighted by Gasteiger charge is 2.16. The number of carbonyl (C=O) groups is 1. The van der Waals surface area contributed by atoms with E-state index in [2.05, 4.69) is 33.8 Å². The molecule has 2 rings (SSSR count). The Bertz CT molecular complexity index is 972. The first-order valence-corrected chi connectivity index (χ1v) is 10.1. The van der Waals surface area contributed by atoms with Gasteiger partial charge in [-0.15, -0.1) is 6.42 Å². The Hall–Kier alpha value is -2.97. The number of nitriles is 1. The average molecular weight is 500 g/mol. The number of hydrogen-bond acceptors (Lipinski definition) is 4. The van der Waals surface area contributed by atoms with Crippen molar-refractivity contribution in [3.8, 4) is 29.9 Å². The number of terminal acetylenes is 1. The minimum Gasteiger partial charge on any atom is -0.490 e. The summed E-state index contributed by atoms with van der Waals surface area (Å²) in [7, 11) is 0. The van der Waals surface area contributed by atoms with E-state index in [4.69, 9.17) is 15.9 Å². The molecule has 0 aliphatic heterocycles. The van der Waals surface area contributed by atoms with E-state index in [-0.39, 0.29) is 18.2 Å². The third kappa shape index (κ3) is 6.27. The first-order valence-electron chi connectivity index (χ1n) is 9.00. The fraction of sp³-hybridized carbons (Fsp3) is 0.217. The highest BCUT2D eigenvalue weighted by atomic mass is 127. The molecule has 0 aromatic heterocycles. The highest BCUT2D eigenvalue weighted by molar-refractivity contribution is 14.1. The van der Waals surface area contributed by atoms with Crippen LogP contribution in [0.1, 0.15) is 31.0 Å². The summed E-state index contributed by atoms with van der Waals surface area (Å²) < 4.78 is 12.0. The molecule has 0 saturated carbocycles. The van der Waals surface area contributed by atoms with Crippen LogP contribution in [0.15, 0.2) is 48.0 Å². The Kier molecular flexibility index (Phi) is 8.57. The second-order valence-electron chi connectivity index (χ2n) is 6.03. The lowest BCUT2D eigenvalue weighted by atomic mass is 10.1. The number of rotatable bonds is 8. The van der Waals surface area contributed by atoms with Crippen molar-refractivity contribution < 1.29 is 14.3 Å². The van der Waals surface area contributed by atoms with Crippen LogP contribution >= 0.6 is 22.6 Å². The Morgan fingerprint density at radius 3 is 2.66 bits per heavy atom. The molecule has 2 aromatic carbocycles. The summed E-state index contributed by atoms with van der Waals surface area (Å²) in [5.74, 6) is 3.04. The molecule has 0 radical (unpaired) electrons. The molecule has 6 heteroatoms. The molecule has 0 unspecified atom stereocenters. The average Bonchev–Trinajstić information content (AvgIpc) is 2.72. The van der Waals surface area contributed by atoms with Gasteiger partial charge in [0.25, 0.3) is 5.91 Å². The predicted molar refractivity (Wildman–Crippen MR) is 121 cm³/mol. The minimum atomic E-state index is -0.440. The van der Waals surface area contributed by atoms with Gasteiger partial charge in [0.2, 0.25) is 0 Å². The summed E-state index contributed by atoms with van der Waals surface area (Å²) >= 11 is 2.11. The molecular weight excluding hydrogens is 479 g/mol. The lowest BCUT2D eigenvalue weighted by Gasteiger charge is -2.15. The van der Waals surface area contributed by atoms with E-state index in [0.29, 0.717) is 23.7 Å². The van der Waals surface area contributed by atoms with Crippen LogP contribution in [0.3, 0.4) is 0 Å². The smallest absolute Gasteiger partial charge is 0.262 e. The molecule has 0 aliphatic carbocycles. The molecule has 1 amide bonds. The maximum absolute atomic E-state index is 12.6. The molecule has 2 aromatic rings. The van der Waals surface area contributed by atoms with Crippen LogP contribution in [-0.4, -0.2) is 19.1 Å². The van der Waals surface area contributed by atoms with Crippen molar-refractivity contribution in [2.75, 3.05) is 13.2 Å². The summed E-state index contributed by atoms with van der Waals surface area (Å²) in [5, 5.41) is 12.3. The van der Waals surface area contributed by atoms with E-state index in [1.807, 2.05) is 50.2 Å². The first-order chi connectivity index (χ1) is 14.0.